The molecule has 0 rings (SSSR count). The maximum Gasteiger partial charge on any atom is 0.152 e. The van der Waals surface area contributed by atoms with Gasteiger partial charge in [-0.2, -0.15) is 0 Å². The van der Waals surface area contributed by atoms with Crippen molar-refractivity contribution in [1.29, 1.82) is 0 Å². The third kappa shape index (κ3) is 7.90. The maximum absolute atomic E-state index is 8.51. The first-order valence-electron chi connectivity index (χ1n) is 3.93. The molecule has 0 aromatic carbocycles. The standard InChI is InChI=1S/C7H17NO4/c1-8(4-2-6(9)10)5-3-7(11)12/h6-7,9-12H,2-5H2,1H3. The van der Waals surface area contributed by atoms with Crippen molar-refractivity contribution in [2.75, 3.05) is 20.1 Å². The summed E-state index contributed by atoms with van der Waals surface area (Å²) in [5.41, 5.74) is 0. The first-order chi connectivity index (χ1) is 5.52. The second kappa shape index (κ2) is 6.33. The molecule has 4 N–H and O–H groups in total. The lowest BCUT2D eigenvalue weighted by molar-refractivity contribution is -0.0575. The highest BCUT2D eigenvalue weighted by Crippen LogP contribution is 1.94. The summed E-state index contributed by atoms with van der Waals surface area (Å²) in [4.78, 5) is 1.80. The molecule has 12 heavy (non-hydrogen) atoms. The van der Waals surface area contributed by atoms with Crippen LogP contribution in [0.4, 0.5) is 0 Å². The van der Waals surface area contributed by atoms with Gasteiger partial charge in [0, 0.05) is 25.9 Å². The van der Waals surface area contributed by atoms with Crippen molar-refractivity contribution in [3.8, 4) is 0 Å². The van der Waals surface area contributed by atoms with Crippen LogP contribution in [0.15, 0.2) is 0 Å². The van der Waals surface area contributed by atoms with E-state index in [1.54, 1.807) is 11.9 Å². The van der Waals surface area contributed by atoms with Gasteiger partial charge in [-0.25, -0.2) is 0 Å². The molecule has 0 heterocycles. The molecule has 0 saturated heterocycles. The molecular formula is C7H17NO4. The minimum atomic E-state index is -1.29. The van der Waals surface area contributed by atoms with Crippen LogP contribution in [0.3, 0.4) is 0 Å². The van der Waals surface area contributed by atoms with Gasteiger partial charge in [0.1, 0.15) is 0 Å². The van der Waals surface area contributed by atoms with Crippen molar-refractivity contribution >= 4 is 0 Å². The third-order valence-electron chi connectivity index (χ3n) is 1.54. The van der Waals surface area contributed by atoms with Gasteiger partial charge in [0.25, 0.3) is 0 Å². The monoisotopic (exact) mass is 179 g/mol. The zero-order valence-corrected chi connectivity index (χ0v) is 7.22. The number of aliphatic hydroxyl groups excluding tert-OH is 2. The molecule has 0 aromatic rings. The van der Waals surface area contributed by atoms with Gasteiger partial charge >= 0.3 is 0 Å². The molecule has 0 amide bonds. The molecule has 0 aromatic heterocycles. The van der Waals surface area contributed by atoms with Gasteiger partial charge in [-0.05, 0) is 7.05 Å². The Balaban J connectivity index is 3.27. The molecule has 0 aliphatic heterocycles. The summed E-state index contributed by atoms with van der Waals surface area (Å²) in [5.74, 6) is 0. The van der Waals surface area contributed by atoms with Gasteiger partial charge < -0.3 is 25.3 Å². The van der Waals surface area contributed by atoms with E-state index in [1.165, 1.54) is 0 Å². The zero-order chi connectivity index (χ0) is 9.56. The summed E-state index contributed by atoms with van der Waals surface area (Å²) < 4.78 is 0. The largest absolute Gasteiger partial charge is 0.368 e. The molecule has 0 atom stereocenters. The van der Waals surface area contributed by atoms with Crippen LogP contribution in [0.25, 0.3) is 0 Å². The molecular weight excluding hydrogens is 162 g/mol. The van der Waals surface area contributed by atoms with Crippen molar-refractivity contribution in [2.24, 2.45) is 0 Å². The fourth-order valence-electron chi connectivity index (χ4n) is 0.784. The second-order valence-electron chi connectivity index (χ2n) is 2.84. The minimum absolute atomic E-state index is 0.276. The zero-order valence-electron chi connectivity index (χ0n) is 7.22. The van der Waals surface area contributed by atoms with Crippen molar-refractivity contribution in [1.82, 2.24) is 4.90 Å². The smallest absolute Gasteiger partial charge is 0.152 e. The van der Waals surface area contributed by atoms with E-state index in [9.17, 15) is 0 Å². The van der Waals surface area contributed by atoms with E-state index in [-0.39, 0.29) is 12.8 Å². The lowest BCUT2D eigenvalue weighted by Gasteiger charge is -2.17. The van der Waals surface area contributed by atoms with E-state index < -0.39 is 12.6 Å². The number of hydrogen-bond acceptors (Lipinski definition) is 5. The topological polar surface area (TPSA) is 84.2 Å². The third-order valence-corrected chi connectivity index (χ3v) is 1.54. The molecule has 0 unspecified atom stereocenters. The Bertz CT molecular complexity index is 95.6. The van der Waals surface area contributed by atoms with E-state index in [2.05, 4.69) is 0 Å². The number of aliphatic hydroxyl groups is 4. The Labute approximate surface area is 71.9 Å². The number of rotatable bonds is 6. The Morgan fingerprint density at radius 1 is 0.917 bits per heavy atom. The summed E-state index contributed by atoms with van der Waals surface area (Å²) in [5, 5.41) is 34.0. The molecule has 5 heteroatoms. The quantitative estimate of drug-likeness (QED) is 0.366. The van der Waals surface area contributed by atoms with Crippen molar-refractivity contribution in [3.05, 3.63) is 0 Å². The highest BCUT2D eigenvalue weighted by Gasteiger charge is 2.04. The van der Waals surface area contributed by atoms with Crippen molar-refractivity contribution in [3.63, 3.8) is 0 Å². The predicted octanol–water partition coefficient (Wildman–Crippen LogP) is -1.68. The lowest BCUT2D eigenvalue weighted by atomic mass is 10.3. The molecule has 0 radical (unpaired) electrons. The van der Waals surface area contributed by atoms with E-state index in [0.29, 0.717) is 13.1 Å². The first-order valence-corrected chi connectivity index (χ1v) is 3.93. The van der Waals surface area contributed by atoms with Crippen LogP contribution in [-0.2, 0) is 0 Å². The Morgan fingerprint density at radius 2 is 1.25 bits per heavy atom. The summed E-state index contributed by atoms with van der Waals surface area (Å²) in [7, 11) is 1.78. The summed E-state index contributed by atoms with van der Waals surface area (Å²) >= 11 is 0. The van der Waals surface area contributed by atoms with Crippen LogP contribution in [0.2, 0.25) is 0 Å². The Kier molecular flexibility index (Phi) is 6.23. The fraction of sp³-hybridized carbons (Fsp3) is 1.00. The SMILES string of the molecule is CN(CCC(O)O)CCC(O)O. The van der Waals surface area contributed by atoms with Gasteiger partial charge in [0.2, 0.25) is 0 Å². The number of hydrogen-bond donors (Lipinski definition) is 4. The van der Waals surface area contributed by atoms with E-state index in [4.69, 9.17) is 20.4 Å². The summed E-state index contributed by atoms with van der Waals surface area (Å²) in [6, 6.07) is 0. The van der Waals surface area contributed by atoms with Crippen LogP contribution >= 0.6 is 0 Å². The van der Waals surface area contributed by atoms with Gasteiger partial charge in [0.05, 0.1) is 0 Å². The predicted molar refractivity (Wildman–Crippen MR) is 43.2 cm³/mol. The Hall–Kier alpha value is -0.200. The number of nitrogens with zero attached hydrogens (tertiary/aromatic N) is 1. The highest BCUT2D eigenvalue weighted by atomic mass is 16.5. The van der Waals surface area contributed by atoms with Crippen LogP contribution in [-0.4, -0.2) is 58.0 Å². The average molecular weight is 179 g/mol. The summed E-state index contributed by atoms with van der Waals surface area (Å²) in [6.45, 7) is 1.06. The second-order valence-corrected chi connectivity index (χ2v) is 2.84. The molecule has 0 spiro atoms. The highest BCUT2D eigenvalue weighted by molar-refractivity contribution is 4.53. The van der Waals surface area contributed by atoms with Crippen molar-refractivity contribution < 1.29 is 20.4 Å². The lowest BCUT2D eigenvalue weighted by Crippen LogP contribution is -2.26. The molecule has 0 aliphatic carbocycles. The van der Waals surface area contributed by atoms with Crippen LogP contribution in [0.5, 0.6) is 0 Å². The van der Waals surface area contributed by atoms with Crippen LogP contribution in [0, 0.1) is 0 Å². The first kappa shape index (κ1) is 11.8. The fourth-order valence-corrected chi connectivity index (χ4v) is 0.784. The van der Waals surface area contributed by atoms with Crippen LogP contribution in [0.1, 0.15) is 12.8 Å². The minimum Gasteiger partial charge on any atom is -0.368 e. The van der Waals surface area contributed by atoms with Crippen molar-refractivity contribution in [2.45, 2.75) is 25.4 Å². The van der Waals surface area contributed by atoms with Gasteiger partial charge in [-0.3, -0.25) is 0 Å². The van der Waals surface area contributed by atoms with E-state index in [1.807, 2.05) is 0 Å². The molecule has 0 aliphatic rings. The molecule has 5 nitrogen and oxygen atoms in total. The molecule has 0 fully saturated rings. The van der Waals surface area contributed by atoms with Gasteiger partial charge in [-0.15, -0.1) is 0 Å². The van der Waals surface area contributed by atoms with E-state index in [0.717, 1.165) is 0 Å². The average Bonchev–Trinajstić information content (AvgIpc) is 1.96. The van der Waals surface area contributed by atoms with E-state index >= 15 is 0 Å². The normalized spacial score (nSPS) is 12.0. The Morgan fingerprint density at radius 3 is 1.50 bits per heavy atom. The van der Waals surface area contributed by atoms with Gasteiger partial charge in [-0.1, -0.05) is 0 Å². The van der Waals surface area contributed by atoms with Gasteiger partial charge in [0.15, 0.2) is 12.6 Å². The molecule has 0 saturated carbocycles. The molecule has 74 valence electrons. The van der Waals surface area contributed by atoms with Crippen LogP contribution < -0.4 is 0 Å². The molecule has 0 bridgehead atoms. The maximum atomic E-state index is 8.51. The summed E-state index contributed by atoms with van der Waals surface area (Å²) in [6.07, 6.45) is -2.02.